The lowest BCUT2D eigenvalue weighted by Crippen LogP contribution is -2.38. The zero-order chi connectivity index (χ0) is 7.98. The molecule has 0 bridgehead atoms. The van der Waals surface area contributed by atoms with Gasteiger partial charge >= 0.3 is 0 Å². The van der Waals surface area contributed by atoms with Crippen LogP contribution in [-0.4, -0.2) is 29.0 Å². The van der Waals surface area contributed by atoms with Crippen LogP contribution in [0.3, 0.4) is 0 Å². The molecule has 2 atom stereocenters. The van der Waals surface area contributed by atoms with Gasteiger partial charge in [0.25, 0.3) is 0 Å². The average Bonchev–Trinajstić information content (AvgIpc) is 1.99. The van der Waals surface area contributed by atoms with Crippen LogP contribution in [0.5, 0.6) is 0 Å². The van der Waals surface area contributed by atoms with Crippen molar-refractivity contribution in [1.29, 1.82) is 0 Å². The zero-order valence-corrected chi connectivity index (χ0v) is 5.83. The number of hydrogen-bond acceptors (Lipinski definition) is 3. The second kappa shape index (κ2) is 5.02. The second-order valence-corrected chi connectivity index (χ2v) is 1.89. The van der Waals surface area contributed by atoms with Crippen LogP contribution in [0.1, 0.15) is 0 Å². The second-order valence-electron chi connectivity index (χ2n) is 1.89. The predicted octanol–water partition coefficient (Wildman–Crippen LogP) is -0.373. The minimum atomic E-state index is -0.733. The van der Waals surface area contributed by atoms with Crippen LogP contribution in [-0.2, 0) is 0 Å². The van der Waals surface area contributed by atoms with E-state index in [1.165, 1.54) is 12.3 Å². The first kappa shape index (κ1) is 9.20. The Morgan fingerprint density at radius 3 is 2.40 bits per heavy atom. The van der Waals surface area contributed by atoms with E-state index in [4.69, 9.17) is 10.2 Å². The van der Waals surface area contributed by atoms with Gasteiger partial charge in [0.15, 0.2) is 0 Å². The molecular weight excluding hydrogens is 130 g/mol. The van der Waals surface area contributed by atoms with E-state index in [2.05, 4.69) is 18.5 Å². The summed E-state index contributed by atoms with van der Waals surface area (Å²) >= 11 is 0. The molecule has 0 aromatic heterocycles. The zero-order valence-electron chi connectivity index (χ0n) is 5.83. The summed E-state index contributed by atoms with van der Waals surface area (Å²) in [6, 6.07) is -0.394. The van der Waals surface area contributed by atoms with Crippen molar-refractivity contribution in [3.63, 3.8) is 0 Å². The molecule has 0 aromatic rings. The number of aliphatic hydroxyl groups excluding tert-OH is 2. The number of rotatable bonds is 5. The van der Waals surface area contributed by atoms with Crippen molar-refractivity contribution in [3.8, 4) is 0 Å². The van der Waals surface area contributed by atoms with Crippen molar-refractivity contribution >= 4 is 0 Å². The molecule has 0 aromatic carbocycles. The Hall–Kier alpha value is -0.800. The highest BCUT2D eigenvalue weighted by molar-refractivity contribution is 4.90. The Kier molecular flexibility index (Phi) is 4.62. The lowest BCUT2D eigenvalue weighted by molar-refractivity contribution is 0.131. The Labute approximate surface area is 60.7 Å². The van der Waals surface area contributed by atoms with E-state index in [0.29, 0.717) is 0 Å². The molecule has 0 aliphatic carbocycles. The smallest absolute Gasteiger partial charge is 0.0941 e. The standard InChI is InChI=1S/C7H13NO2/c1-3-7(10)6(5-9)8-4-2/h3-4,6-10H,1-2,5H2/t6-,7+/m0/s1. The van der Waals surface area contributed by atoms with Gasteiger partial charge < -0.3 is 15.5 Å². The van der Waals surface area contributed by atoms with Gasteiger partial charge in [-0.2, -0.15) is 0 Å². The van der Waals surface area contributed by atoms with Gasteiger partial charge in [-0.25, -0.2) is 0 Å². The topological polar surface area (TPSA) is 52.5 Å². The van der Waals surface area contributed by atoms with Crippen LogP contribution >= 0.6 is 0 Å². The monoisotopic (exact) mass is 143 g/mol. The van der Waals surface area contributed by atoms with Crippen LogP contribution in [0.4, 0.5) is 0 Å². The number of nitrogens with one attached hydrogen (secondary N) is 1. The van der Waals surface area contributed by atoms with Crippen LogP contribution in [0.15, 0.2) is 25.4 Å². The molecule has 3 N–H and O–H groups in total. The summed E-state index contributed by atoms with van der Waals surface area (Å²) in [5.41, 5.74) is 0. The number of hydrogen-bond donors (Lipinski definition) is 3. The van der Waals surface area contributed by atoms with Crippen molar-refractivity contribution in [2.24, 2.45) is 0 Å². The first-order chi connectivity index (χ1) is 4.76. The third-order valence-corrected chi connectivity index (χ3v) is 1.18. The quantitative estimate of drug-likeness (QED) is 0.460. The van der Waals surface area contributed by atoms with Crippen LogP contribution < -0.4 is 5.32 Å². The highest BCUT2D eigenvalue weighted by atomic mass is 16.3. The molecule has 0 rings (SSSR count). The molecule has 0 heterocycles. The summed E-state index contributed by atoms with van der Waals surface area (Å²) in [6.07, 6.45) is 2.05. The van der Waals surface area contributed by atoms with Crippen molar-refractivity contribution < 1.29 is 10.2 Å². The van der Waals surface area contributed by atoms with Gasteiger partial charge in [-0.1, -0.05) is 12.7 Å². The molecule has 0 fully saturated rings. The van der Waals surface area contributed by atoms with Gasteiger partial charge in [-0.15, -0.1) is 6.58 Å². The van der Waals surface area contributed by atoms with Crippen LogP contribution in [0.2, 0.25) is 0 Å². The maximum atomic E-state index is 9.06. The first-order valence-corrected chi connectivity index (χ1v) is 3.04. The van der Waals surface area contributed by atoms with E-state index in [-0.39, 0.29) is 6.61 Å². The fourth-order valence-corrected chi connectivity index (χ4v) is 0.575. The molecular formula is C7H13NO2. The minimum absolute atomic E-state index is 0.140. The number of aliphatic hydroxyl groups is 2. The van der Waals surface area contributed by atoms with E-state index in [0.717, 1.165) is 0 Å². The first-order valence-electron chi connectivity index (χ1n) is 3.04. The van der Waals surface area contributed by atoms with Crippen molar-refractivity contribution in [1.82, 2.24) is 5.32 Å². The van der Waals surface area contributed by atoms with Crippen LogP contribution in [0.25, 0.3) is 0 Å². The Morgan fingerprint density at radius 1 is 1.50 bits per heavy atom. The van der Waals surface area contributed by atoms with Gasteiger partial charge in [0.2, 0.25) is 0 Å². The van der Waals surface area contributed by atoms with Crippen molar-refractivity contribution in [2.75, 3.05) is 6.61 Å². The summed E-state index contributed by atoms with van der Waals surface area (Å²) in [5.74, 6) is 0. The molecule has 58 valence electrons. The lowest BCUT2D eigenvalue weighted by Gasteiger charge is -2.17. The summed E-state index contributed by atoms with van der Waals surface area (Å²) in [4.78, 5) is 0. The summed E-state index contributed by atoms with van der Waals surface area (Å²) in [5, 5.41) is 20.4. The largest absolute Gasteiger partial charge is 0.394 e. The SMILES string of the molecule is C=CN[C@@H](CO)[C@H](O)C=C. The molecule has 0 aliphatic rings. The van der Waals surface area contributed by atoms with E-state index in [9.17, 15) is 0 Å². The molecule has 0 radical (unpaired) electrons. The van der Waals surface area contributed by atoms with Crippen LogP contribution in [0, 0.1) is 0 Å². The maximum absolute atomic E-state index is 9.06. The fraction of sp³-hybridized carbons (Fsp3) is 0.429. The van der Waals surface area contributed by atoms with Gasteiger partial charge in [-0.05, 0) is 6.20 Å². The molecule has 0 saturated carbocycles. The lowest BCUT2D eigenvalue weighted by atomic mass is 10.2. The van der Waals surface area contributed by atoms with E-state index < -0.39 is 12.1 Å². The predicted molar refractivity (Wildman–Crippen MR) is 40.4 cm³/mol. The molecule has 0 saturated heterocycles. The molecule has 0 unspecified atom stereocenters. The highest BCUT2D eigenvalue weighted by Crippen LogP contribution is 1.92. The minimum Gasteiger partial charge on any atom is -0.394 e. The third kappa shape index (κ3) is 2.66. The molecule has 3 nitrogen and oxygen atoms in total. The van der Waals surface area contributed by atoms with Crippen molar-refractivity contribution in [3.05, 3.63) is 25.4 Å². The van der Waals surface area contributed by atoms with E-state index >= 15 is 0 Å². The summed E-state index contributed by atoms with van der Waals surface area (Å²) < 4.78 is 0. The normalized spacial score (nSPS) is 15.4. The Bertz CT molecular complexity index is 114. The van der Waals surface area contributed by atoms with Crippen molar-refractivity contribution in [2.45, 2.75) is 12.1 Å². The molecule has 0 aliphatic heterocycles. The van der Waals surface area contributed by atoms with Gasteiger partial charge in [0.05, 0.1) is 18.8 Å². The van der Waals surface area contributed by atoms with Gasteiger partial charge in [0.1, 0.15) is 0 Å². The van der Waals surface area contributed by atoms with E-state index in [1.54, 1.807) is 0 Å². The molecule has 0 spiro atoms. The molecule has 3 heteroatoms. The highest BCUT2D eigenvalue weighted by Gasteiger charge is 2.11. The maximum Gasteiger partial charge on any atom is 0.0941 e. The fourth-order valence-electron chi connectivity index (χ4n) is 0.575. The Balaban J connectivity index is 3.78. The molecule has 10 heavy (non-hydrogen) atoms. The summed E-state index contributed by atoms with van der Waals surface area (Å²) in [6.45, 7) is 6.63. The Morgan fingerprint density at radius 2 is 2.10 bits per heavy atom. The van der Waals surface area contributed by atoms with Gasteiger partial charge in [0, 0.05) is 0 Å². The van der Waals surface area contributed by atoms with E-state index in [1.807, 2.05) is 0 Å². The van der Waals surface area contributed by atoms with Gasteiger partial charge in [-0.3, -0.25) is 0 Å². The summed E-state index contributed by atoms with van der Waals surface area (Å²) in [7, 11) is 0. The molecule has 0 amide bonds. The third-order valence-electron chi connectivity index (χ3n) is 1.18. The average molecular weight is 143 g/mol.